The zero-order valence-corrected chi connectivity index (χ0v) is 9.91. The molecule has 0 fully saturated rings. The van der Waals surface area contributed by atoms with Gasteiger partial charge in [0.15, 0.2) is 5.69 Å². The van der Waals surface area contributed by atoms with Crippen LogP contribution < -0.4 is 5.32 Å². The topological polar surface area (TPSA) is 114 Å². The van der Waals surface area contributed by atoms with Crippen LogP contribution in [0, 0.1) is 10.1 Å². The summed E-state index contributed by atoms with van der Waals surface area (Å²) in [6.07, 6.45) is 0.230. The van der Waals surface area contributed by atoms with Crippen LogP contribution in [0.3, 0.4) is 0 Å². The molecule has 0 aliphatic rings. The lowest BCUT2D eigenvalue weighted by Gasteiger charge is -2.11. The van der Waals surface area contributed by atoms with Gasteiger partial charge in [-0.15, -0.1) is 0 Å². The van der Waals surface area contributed by atoms with Gasteiger partial charge in [0.25, 0.3) is 5.91 Å². The van der Waals surface area contributed by atoms with Gasteiger partial charge in [0.05, 0.1) is 7.05 Å². The van der Waals surface area contributed by atoms with Gasteiger partial charge in [0.2, 0.25) is 0 Å². The normalized spacial score (nSPS) is 11.9. The number of carbonyl (C=O) groups is 2. The molecule has 1 rings (SSSR count). The van der Waals surface area contributed by atoms with E-state index in [1.165, 1.54) is 19.2 Å². The van der Waals surface area contributed by atoms with Crippen molar-refractivity contribution in [2.24, 2.45) is 7.05 Å². The van der Waals surface area contributed by atoms with Gasteiger partial charge < -0.3 is 20.5 Å². The van der Waals surface area contributed by atoms with Crippen LogP contribution in [0.1, 0.15) is 23.8 Å². The molecular weight excluding hydrogens is 242 g/mol. The van der Waals surface area contributed by atoms with Crippen molar-refractivity contribution in [3.05, 3.63) is 27.9 Å². The van der Waals surface area contributed by atoms with E-state index in [1.807, 2.05) is 0 Å². The Morgan fingerprint density at radius 2 is 2.17 bits per heavy atom. The highest BCUT2D eigenvalue weighted by molar-refractivity contribution is 5.95. The van der Waals surface area contributed by atoms with Crippen molar-refractivity contribution in [1.29, 1.82) is 0 Å². The zero-order valence-electron chi connectivity index (χ0n) is 9.91. The van der Waals surface area contributed by atoms with Gasteiger partial charge in [-0.2, -0.15) is 0 Å². The average molecular weight is 255 g/mol. The molecule has 0 saturated carbocycles. The molecule has 0 radical (unpaired) electrons. The molecule has 1 unspecified atom stereocenters. The first kappa shape index (κ1) is 13.7. The van der Waals surface area contributed by atoms with Crippen molar-refractivity contribution < 1.29 is 19.6 Å². The molecular formula is C10H13N3O5. The molecule has 1 atom stereocenters. The minimum atomic E-state index is -1.14. The van der Waals surface area contributed by atoms with Crippen LogP contribution in [0.25, 0.3) is 0 Å². The quantitative estimate of drug-likeness (QED) is 0.588. The fraction of sp³-hybridized carbons (Fsp3) is 0.400. The number of nitrogens with zero attached hydrogens (tertiary/aromatic N) is 2. The second-order valence-electron chi connectivity index (χ2n) is 3.67. The van der Waals surface area contributed by atoms with Gasteiger partial charge in [-0.25, -0.2) is 9.36 Å². The molecule has 0 saturated heterocycles. The Morgan fingerprint density at radius 3 is 2.56 bits per heavy atom. The van der Waals surface area contributed by atoms with Crippen LogP contribution in [0.15, 0.2) is 12.1 Å². The molecule has 0 aromatic carbocycles. The Bertz CT molecular complexity index is 494. The standard InChI is InChI=1S/C10H13N3O5/c1-3-6(10(15)16)11-9(14)7-4-5-8(12(7)2)13(17)18/h4-6H,3H2,1-2H3,(H,11,14)(H,15,16). The van der Waals surface area contributed by atoms with Crippen molar-refractivity contribution in [2.75, 3.05) is 0 Å². The van der Waals surface area contributed by atoms with Crippen LogP contribution in [0.4, 0.5) is 5.82 Å². The number of hydrogen-bond donors (Lipinski definition) is 2. The van der Waals surface area contributed by atoms with E-state index in [1.54, 1.807) is 6.92 Å². The Kier molecular flexibility index (Phi) is 4.03. The molecule has 2 N–H and O–H groups in total. The second-order valence-corrected chi connectivity index (χ2v) is 3.67. The summed E-state index contributed by atoms with van der Waals surface area (Å²) >= 11 is 0. The Balaban J connectivity index is 2.91. The van der Waals surface area contributed by atoms with E-state index in [4.69, 9.17) is 5.11 Å². The van der Waals surface area contributed by atoms with Gasteiger partial charge >= 0.3 is 11.8 Å². The summed E-state index contributed by atoms with van der Waals surface area (Å²) in [7, 11) is 1.37. The summed E-state index contributed by atoms with van der Waals surface area (Å²) in [5, 5.41) is 21.7. The summed E-state index contributed by atoms with van der Waals surface area (Å²) in [5.74, 6) is -2.03. The number of hydrogen-bond acceptors (Lipinski definition) is 4. The number of carbonyl (C=O) groups excluding carboxylic acids is 1. The predicted molar refractivity (Wildman–Crippen MR) is 61.2 cm³/mol. The maximum atomic E-state index is 11.8. The Hall–Kier alpha value is -2.38. The first-order valence-corrected chi connectivity index (χ1v) is 5.22. The highest BCUT2D eigenvalue weighted by Crippen LogP contribution is 2.15. The maximum absolute atomic E-state index is 11.8. The second kappa shape index (κ2) is 5.30. The fourth-order valence-corrected chi connectivity index (χ4v) is 1.48. The lowest BCUT2D eigenvalue weighted by atomic mass is 10.2. The fourth-order valence-electron chi connectivity index (χ4n) is 1.48. The van der Waals surface area contributed by atoms with Crippen LogP contribution in [-0.2, 0) is 11.8 Å². The number of rotatable bonds is 5. The van der Waals surface area contributed by atoms with Gasteiger partial charge in [-0.3, -0.25) is 4.79 Å². The van der Waals surface area contributed by atoms with Gasteiger partial charge in [-0.1, -0.05) is 6.92 Å². The lowest BCUT2D eigenvalue weighted by molar-refractivity contribution is -0.391. The van der Waals surface area contributed by atoms with Gasteiger partial charge in [-0.05, 0) is 17.4 Å². The Morgan fingerprint density at radius 1 is 1.56 bits per heavy atom. The smallest absolute Gasteiger partial charge is 0.326 e. The minimum Gasteiger partial charge on any atom is -0.480 e. The Labute approximate surface area is 102 Å². The first-order chi connectivity index (χ1) is 8.38. The molecule has 98 valence electrons. The molecule has 8 nitrogen and oxygen atoms in total. The third-order valence-corrected chi connectivity index (χ3v) is 2.53. The van der Waals surface area contributed by atoms with Crippen molar-refractivity contribution in [3.8, 4) is 0 Å². The van der Waals surface area contributed by atoms with Crippen molar-refractivity contribution in [2.45, 2.75) is 19.4 Å². The number of nitro groups is 1. The summed E-state index contributed by atoms with van der Waals surface area (Å²) in [4.78, 5) is 32.5. The molecule has 0 spiro atoms. The van der Waals surface area contributed by atoms with E-state index < -0.39 is 22.8 Å². The monoisotopic (exact) mass is 255 g/mol. The van der Waals surface area contributed by atoms with E-state index in [9.17, 15) is 19.7 Å². The molecule has 1 amide bonds. The van der Waals surface area contributed by atoms with Crippen LogP contribution in [0.5, 0.6) is 0 Å². The van der Waals surface area contributed by atoms with Crippen LogP contribution in [0.2, 0.25) is 0 Å². The van der Waals surface area contributed by atoms with Crippen molar-refractivity contribution in [1.82, 2.24) is 9.88 Å². The average Bonchev–Trinajstić information content (AvgIpc) is 2.67. The highest BCUT2D eigenvalue weighted by Gasteiger charge is 2.24. The van der Waals surface area contributed by atoms with Crippen molar-refractivity contribution in [3.63, 3.8) is 0 Å². The first-order valence-electron chi connectivity index (χ1n) is 5.22. The number of amides is 1. The molecule has 8 heteroatoms. The molecule has 0 aliphatic carbocycles. The molecule has 18 heavy (non-hydrogen) atoms. The SMILES string of the molecule is CCC(NC(=O)c1ccc([N+](=O)[O-])n1C)C(=O)O. The summed E-state index contributed by atoms with van der Waals surface area (Å²) in [6, 6.07) is 1.46. The number of carboxylic acid groups (broad SMARTS) is 1. The number of carboxylic acids is 1. The summed E-state index contributed by atoms with van der Waals surface area (Å²) < 4.78 is 1.10. The molecule has 0 aliphatic heterocycles. The zero-order chi connectivity index (χ0) is 13.9. The van der Waals surface area contributed by atoms with E-state index in [-0.39, 0.29) is 17.9 Å². The van der Waals surface area contributed by atoms with Gasteiger partial charge in [0, 0.05) is 6.07 Å². The largest absolute Gasteiger partial charge is 0.480 e. The molecule has 1 heterocycles. The molecule has 0 bridgehead atoms. The predicted octanol–water partition coefficient (Wildman–Crippen LogP) is 0.526. The third-order valence-electron chi connectivity index (χ3n) is 2.53. The lowest BCUT2D eigenvalue weighted by Crippen LogP contribution is -2.40. The van der Waals surface area contributed by atoms with Crippen LogP contribution >= 0.6 is 0 Å². The highest BCUT2D eigenvalue weighted by atomic mass is 16.6. The van der Waals surface area contributed by atoms with Crippen LogP contribution in [-0.4, -0.2) is 32.5 Å². The van der Waals surface area contributed by atoms with Gasteiger partial charge in [0.1, 0.15) is 6.04 Å². The summed E-state index contributed by atoms with van der Waals surface area (Å²) in [5.41, 5.74) is 0.0430. The minimum absolute atomic E-state index is 0.0430. The van der Waals surface area contributed by atoms with E-state index >= 15 is 0 Å². The maximum Gasteiger partial charge on any atom is 0.326 e. The van der Waals surface area contributed by atoms with E-state index in [0.717, 1.165) is 4.57 Å². The number of nitrogens with one attached hydrogen (secondary N) is 1. The summed E-state index contributed by atoms with van der Waals surface area (Å²) in [6.45, 7) is 1.62. The third kappa shape index (κ3) is 2.65. The molecule has 1 aromatic rings. The number of aromatic nitrogens is 1. The molecule has 1 aromatic heterocycles. The number of aliphatic carboxylic acids is 1. The van der Waals surface area contributed by atoms with Crippen molar-refractivity contribution >= 4 is 17.7 Å². The van der Waals surface area contributed by atoms with E-state index in [0.29, 0.717) is 0 Å². The van der Waals surface area contributed by atoms with E-state index in [2.05, 4.69) is 5.32 Å².